The second-order valence-electron chi connectivity index (χ2n) is 39.9. The second-order valence-corrected chi connectivity index (χ2v) is 53.5. The van der Waals surface area contributed by atoms with Crippen molar-refractivity contribution in [3.8, 4) is 0 Å². The summed E-state index contributed by atoms with van der Waals surface area (Å²) in [6.45, 7) is 39.5. The van der Waals surface area contributed by atoms with Crippen LogP contribution in [0.3, 0.4) is 0 Å². The van der Waals surface area contributed by atoms with Gasteiger partial charge in [-0.1, -0.05) is 181 Å². The minimum absolute atomic E-state index is 0.00676. The van der Waals surface area contributed by atoms with Crippen molar-refractivity contribution in [3.05, 3.63) is 247 Å². The monoisotopic (exact) mass is 2310 g/mol. The lowest BCUT2D eigenvalue weighted by molar-refractivity contribution is -0.385. The molecule has 10 aromatic heterocycles. The topological polar surface area (TPSA) is 468 Å². The number of anilines is 5. The van der Waals surface area contributed by atoms with Crippen LogP contribution >= 0.6 is 155 Å². The number of non-ortho nitro benzene ring substituents is 2. The van der Waals surface area contributed by atoms with Crippen molar-refractivity contribution >= 4 is 215 Å². The Kier molecular flexibility index (Phi) is 45.4. The number of benzene rings is 3. The molecule has 148 heavy (non-hydrogen) atoms. The second kappa shape index (κ2) is 56.7. The first-order chi connectivity index (χ1) is 70.2. The number of thioether (sulfide) groups is 5. The predicted molar refractivity (Wildman–Crippen MR) is 603 cm³/mol. The van der Waals surface area contributed by atoms with Crippen LogP contribution in [0.1, 0.15) is 264 Å². The number of rotatable bonds is 29. The van der Waals surface area contributed by atoms with Gasteiger partial charge in [0.25, 0.3) is 28.4 Å². The summed E-state index contributed by atoms with van der Waals surface area (Å²) in [6, 6.07) is 19.9. The van der Waals surface area contributed by atoms with Crippen molar-refractivity contribution in [2.24, 2.45) is 5.73 Å². The summed E-state index contributed by atoms with van der Waals surface area (Å²) in [4.78, 5) is 113. The maximum atomic E-state index is 12.7. The van der Waals surface area contributed by atoms with Crippen molar-refractivity contribution in [1.82, 2.24) is 65.0 Å². The van der Waals surface area contributed by atoms with Crippen molar-refractivity contribution < 1.29 is 51.1 Å². The zero-order valence-electron chi connectivity index (χ0n) is 85.4. The number of halogens is 3. The number of aromatic nitrogens is 10. The summed E-state index contributed by atoms with van der Waals surface area (Å²) in [5, 5.41) is 40.8. The summed E-state index contributed by atoms with van der Waals surface area (Å²) < 4.78 is 35.7. The molecule has 0 bridgehead atoms. The van der Waals surface area contributed by atoms with E-state index >= 15 is 0 Å². The highest BCUT2D eigenvalue weighted by Gasteiger charge is 2.32. The lowest BCUT2D eigenvalue weighted by atomic mass is 9.94. The van der Waals surface area contributed by atoms with Gasteiger partial charge in [-0.2, -0.15) is 0 Å². The van der Waals surface area contributed by atoms with Gasteiger partial charge in [-0.05, 0) is 145 Å². The molecule has 5 fully saturated rings. The van der Waals surface area contributed by atoms with Crippen molar-refractivity contribution in [1.29, 1.82) is 0 Å². The smallest absolute Gasteiger partial charge is 0.269 e. The van der Waals surface area contributed by atoms with E-state index < -0.39 is 20.3 Å². The van der Waals surface area contributed by atoms with E-state index in [0.29, 0.717) is 72.0 Å². The van der Waals surface area contributed by atoms with Gasteiger partial charge in [0.1, 0.15) is 28.8 Å². The van der Waals surface area contributed by atoms with Crippen LogP contribution in [0.2, 0.25) is 0 Å². The first kappa shape index (κ1) is 119. The molecule has 2 saturated carbocycles. The van der Waals surface area contributed by atoms with Crippen LogP contribution in [0.5, 0.6) is 0 Å². The highest BCUT2D eigenvalue weighted by molar-refractivity contribution is 9.11. The molecule has 13 heterocycles. The van der Waals surface area contributed by atoms with Gasteiger partial charge in [-0.25, -0.2) is 49.8 Å². The lowest BCUT2D eigenvalue weighted by Crippen LogP contribution is -2.31. The number of allylic oxidation sites excluding steroid dienone is 1. The number of hydrogen-bond donors (Lipinski definition) is 7. The van der Waals surface area contributed by atoms with Crippen LogP contribution in [0.4, 0.5) is 37.6 Å². The quantitative estimate of drug-likeness (QED) is 0.00571. The fourth-order valence-electron chi connectivity index (χ4n) is 14.2. The van der Waals surface area contributed by atoms with Gasteiger partial charge in [0, 0.05) is 137 Å². The molecule has 34 nitrogen and oxygen atoms in total. The molecule has 2 aliphatic carbocycles. The fourth-order valence-corrected chi connectivity index (χ4v) is 24.1. The molecule has 0 radical (unpaired) electrons. The number of nitrogens with zero attached hydrogens (tertiary/aromatic N) is 14. The van der Waals surface area contributed by atoms with E-state index in [4.69, 9.17) is 56.8 Å². The predicted octanol–water partition coefficient (Wildman–Crippen LogP) is 26.4. The molecule has 13 aromatic rings. The van der Waals surface area contributed by atoms with Crippen LogP contribution in [-0.2, 0) is 60.6 Å². The third-order valence-corrected chi connectivity index (χ3v) is 34.0. The largest absolute Gasteiger partial charge is 0.444 e. The summed E-state index contributed by atoms with van der Waals surface area (Å²) >= 11 is 29.8. The lowest BCUT2D eigenvalue weighted by Gasteiger charge is -2.17. The minimum Gasteiger partial charge on any atom is -0.444 e. The molecule has 2 amide bonds. The number of nitrogens with one attached hydrogen (secondary N) is 5. The van der Waals surface area contributed by atoms with Gasteiger partial charge < -0.3 is 69.9 Å². The molecule has 3 saturated heterocycles. The van der Waals surface area contributed by atoms with E-state index in [1.54, 1.807) is 151 Å². The summed E-state index contributed by atoms with van der Waals surface area (Å²) in [5.41, 5.74) is 13.1. The highest BCUT2D eigenvalue weighted by Crippen LogP contribution is 2.40. The van der Waals surface area contributed by atoms with Crippen LogP contribution < -0.4 is 38.1 Å². The Morgan fingerprint density at radius 2 is 0.723 bits per heavy atom. The van der Waals surface area contributed by atoms with E-state index in [9.17, 15) is 39.4 Å². The molecule has 3 aromatic carbocycles. The number of nitrogen functional groups attached to an aromatic ring is 1. The van der Waals surface area contributed by atoms with Gasteiger partial charge in [0.15, 0.2) is 24.4 Å². The standard InChI is InChI=1S/C22H25N5O4S2.C22H27N5O2S2.C16H23N3OS2.C15H22N4OS2.C11H13BrN2OS2.C7H4ClNO3.C5H11N.C3H3ClO/c1-22(2,3)17-10-23-18(31-17)13-32-19-11-24-21(33-19)25-15-8-9-26(12-15)20(28)14-4-6-16(7-5-14)27(29)30;1-22(2,3)17-10-24-18(29-17)13-30-19-11-25-21(31-19)26-16-8-9-27(12-16)20(28)14-4-6-15(23)7-5-14;1-16(2,3)12-8-17-13(20-12)10-21-14-9-18-15(22-14)19-11-6-4-5-7-11;1-15(2,3)11-7-17-12(20-11)9-21-13-8-18-14(22-13)19-10-4-5-16-6-10;1-11(2,3)7-4-13-8(15-7)6-16-9-5-14-10(12)17-9;8-7(10)5-1-3-6(4-2-5)9(11)12;6-5-3-1-2-4-5;1-2-3(4)5/h4-7,10-11,15H,8-9,12-13H2,1-3H3,(H,24,25);4-7,10-11,16H,8-9,12-13,23H2,1-3H3,(H,25,26);8-9,11H,4-7,10H2,1-3H3,(H,18,19);7-8,10,16H,4-6,9H2,1-3H3,(H,18,19);4-5H,6H2,1-3H3;1-4H;5H,1-4,6H2;2H,1H2/t15-;16-;;10-;;;;/m11.1..../s1. The maximum Gasteiger partial charge on any atom is 0.269 e. The molecule has 47 heteroatoms. The molecule has 18 rings (SSSR count). The van der Waals surface area contributed by atoms with Crippen molar-refractivity contribution in [2.75, 3.05) is 66.3 Å². The number of carbonyl (C=O) groups is 4. The average molecular weight is 2320 g/mol. The summed E-state index contributed by atoms with van der Waals surface area (Å²) in [6.07, 6.45) is 32.9. The molecule has 0 unspecified atom stereocenters. The molecule has 5 aliphatic rings. The maximum absolute atomic E-state index is 12.7. The van der Waals surface area contributed by atoms with Crippen LogP contribution in [0.25, 0.3) is 0 Å². The number of amides is 2. The SMILES string of the molecule is C=CC(=O)Cl.CC(C)(C)c1cnc(CSc2cnc(Br)s2)o1.CC(C)(C)c1cnc(CSc2cnc(NC3CCCC3)s2)o1.CC(C)(C)c1cnc(CSc2cnc(N[C@@H]3CCN(C(=O)c4ccc(N)cc4)C3)s2)o1.CC(C)(C)c1cnc(CSc2cnc(N[C@@H]3CCN(C(=O)c4ccc([N+](=O)[O-])cc4)C3)s2)o1.CC(C)(C)c1cnc(CSc2cnc(N[C@@H]3CCNC3)s2)o1.NC1CCCC1.O=C(Cl)c1ccc([N+](=O)[O-])cc1. The first-order valence-electron chi connectivity index (χ1n) is 48.0. The van der Waals surface area contributed by atoms with Gasteiger partial charge in [-0.3, -0.25) is 39.4 Å². The van der Waals surface area contributed by atoms with Gasteiger partial charge >= 0.3 is 0 Å². The molecular weight excluding hydrogens is 2190 g/mol. The Balaban J connectivity index is 0.000000169. The fraction of sp³-hybridized carbons (Fsp3) is 0.465. The van der Waals surface area contributed by atoms with E-state index in [0.717, 1.165) is 152 Å². The summed E-state index contributed by atoms with van der Waals surface area (Å²) in [5.74, 6) is 11.8. The van der Waals surface area contributed by atoms with E-state index in [2.05, 4.69) is 203 Å². The molecule has 9 N–H and O–H groups in total. The zero-order valence-corrected chi connectivity index (χ0v) is 96.6. The Morgan fingerprint density at radius 1 is 0.432 bits per heavy atom. The van der Waals surface area contributed by atoms with Gasteiger partial charge in [-0.15, -0.1) is 70.1 Å². The number of carbonyl (C=O) groups excluding carboxylic acids is 4. The number of likely N-dealkylation sites (tertiary alicyclic amines) is 2. The van der Waals surface area contributed by atoms with Crippen LogP contribution in [0, 0.1) is 20.2 Å². The molecule has 0 spiro atoms. The number of nitro groups is 2. The van der Waals surface area contributed by atoms with Crippen molar-refractivity contribution in [2.45, 2.75) is 282 Å². The van der Waals surface area contributed by atoms with E-state index in [1.165, 1.54) is 108 Å². The Bertz CT molecular complexity index is 6230. The van der Waals surface area contributed by atoms with Crippen LogP contribution in [0.15, 0.2) is 194 Å². The van der Waals surface area contributed by atoms with Gasteiger partial charge in [0.05, 0.1) is 122 Å². The van der Waals surface area contributed by atoms with Crippen molar-refractivity contribution in [3.63, 3.8) is 0 Å². The third kappa shape index (κ3) is 39.9. The molecule has 3 aliphatic heterocycles. The average Bonchev–Trinajstić information content (AvgIpc) is 1.58. The first-order valence-corrected chi connectivity index (χ1v) is 58.6. The third-order valence-electron chi connectivity index (χ3n) is 22.6. The number of nitro benzene ring substituents is 2. The van der Waals surface area contributed by atoms with E-state index in [-0.39, 0.29) is 67.9 Å². The number of oxazole rings is 5. The molecular formula is C101H128BrCl2N21O13S10. The van der Waals surface area contributed by atoms with Gasteiger partial charge in [0.2, 0.25) is 34.7 Å². The highest BCUT2D eigenvalue weighted by atomic mass is 79.9. The van der Waals surface area contributed by atoms with Crippen LogP contribution in [-0.4, -0.2) is 161 Å². The Hall–Kier alpha value is -9.59. The number of hydrogen-bond acceptors (Lipinski definition) is 40. The number of thiazole rings is 5. The van der Waals surface area contributed by atoms with E-state index in [1.807, 2.05) is 60.7 Å². The number of nitrogens with two attached hydrogens (primary N) is 2. The minimum atomic E-state index is -0.620. The molecule has 796 valence electrons. The zero-order chi connectivity index (χ0) is 107. The molecule has 3 atom stereocenters. The summed E-state index contributed by atoms with van der Waals surface area (Å²) in [7, 11) is 0. The Labute approximate surface area is 922 Å². The Morgan fingerprint density at radius 3 is 0.986 bits per heavy atom. The normalized spacial score (nSPS) is 15.7.